The maximum Gasteiger partial charge on any atom is 0.0646 e. The number of anilines is 1. The fourth-order valence-corrected chi connectivity index (χ4v) is 2.48. The first-order valence-corrected chi connectivity index (χ1v) is 5.55. The highest BCUT2D eigenvalue weighted by Gasteiger charge is 2.24. The van der Waals surface area contributed by atoms with Gasteiger partial charge in [0, 0.05) is 5.56 Å². The van der Waals surface area contributed by atoms with Crippen LogP contribution in [0.4, 0.5) is 5.69 Å². The topological polar surface area (TPSA) is 12.0 Å². The van der Waals surface area contributed by atoms with Gasteiger partial charge in [0.25, 0.3) is 0 Å². The second-order valence-corrected chi connectivity index (χ2v) is 5.25. The number of hydrogen-bond donors (Lipinski definition) is 1. The number of fused-ring (bicyclic) bond motifs is 1. The van der Waals surface area contributed by atoms with Crippen LogP contribution in [-0.4, -0.2) is 5.54 Å². The van der Waals surface area contributed by atoms with E-state index in [-0.39, 0.29) is 5.54 Å². The third kappa shape index (κ3) is 1.89. The highest BCUT2D eigenvalue weighted by molar-refractivity contribution is 6.33. The van der Waals surface area contributed by atoms with Crippen molar-refractivity contribution < 1.29 is 0 Å². The Labute approximate surface area is 96.1 Å². The molecular formula is C13H16ClN. The number of benzene rings is 1. The Kier molecular flexibility index (Phi) is 2.31. The van der Waals surface area contributed by atoms with Crippen LogP contribution in [0.25, 0.3) is 5.57 Å². The molecule has 0 bridgehead atoms. The SMILES string of the molecule is CC1=CC(C)(C)Nc2c(Cl)cc(C)cc21. The highest BCUT2D eigenvalue weighted by atomic mass is 35.5. The van der Waals surface area contributed by atoms with Crippen LogP contribution in [-0.2, 0) is 0 Å². The minimum atomic E-state index is -0.0179. The molecule has 1 N–H and O–H groups in total. The van der Waals surface area contributed by atoms with Crippen molar-refractivity contribution in [2.75, 3.05) is 5.32 Å². The van der Waals surface area contributed by atoms with Crippen LogP contribution in [0.15, 0.2) is 18.2 Å². The van der Waals surface area contributed by atoms with Gasteiger partial charge in [-0.15, -0.1) is 0 Å². The van der Waals surface area contributed by atoms with E-state index < -0.39 is 0 Å². The van der Waals surface area contributed by atoms with E-state index in [2.05, 4.69) is 45.2 Å². The van der Waals surface area contributed by atoms with Crippen LogP contribution in [0.5, 0.6) is 0 Å². The van der Waals surface area contributed by atoms with E-state index >= 15 is 0 Å². The Morgan fingerprint density at radius 3 is 2.53 bits per heavy atom. The predicted octanol–water partition coefficient (Wildman–Crippen LogP) is 4.26. The maximum atomic E-state index is 6.25. The van der Waals surface area contributed by atoms with Gasteiger partial charge >= 0.3 is 0 Å². The molecule has 0 saturated carbocycles. The Morgan fingerprint density at radius 1 is 1.20 bits per heavy atom. The highest BCUT2D eigenvalue weighted by Crippen LogP contribution is 2.38. The van der Waals surface area contributed by atoms with E-state index in [0.717, 1.165) is 10.7 Å². The van der Waals surface area contributed by atoms with Crippen molar-refractivity contribution in [3.8, 4) is 0 Å². The molecule has 1 aliphatic rings. The minimum Gasteiger partial charge on any atom is -0.375 e. The van der Waals surface area contributed by atoms with Crippen molar-refractivity contribution in [3.63, 3.8) is 0 Å². The summed E-state index contributed by atoms with van der Waals surface area (Å²) in [6, 6.07) is 4.18. The van der Waals surface area contributed by atoms with E-state index in [0.29, 0.717) is 0 Å². The van der Waals surface area contributed by atoms with E-state index in [1.165, 1.54) is 16.7 Å². The molecule has 0 unspecified atom stereocenters. The number of allylic oxidation sites excluding steroid dienone is 1. The fraction of sp³-hybridized carbons (Fsp3) is 0.385. The Morgan fingerprint density at radius 2 is 1.87 bits per heavy atom. The molecule has 1 aliphatic heterocycles. The summed E-state index contributed by atoms with van der Waals surface area (Å²) in [7, 11) is 0. The average Bonchev–Trinajstić information content (AvgIpc) is 2.06. The quantitative estimate of drug-likeness (QED) is 0.691. The molecule has 1 nitrogen and oxygen atoms in total. The molecule has 15 heavy (non-hydrogen) atoms. The summed E-state index contributed by atoms with van der Waals surface area (Å²) >= 11 is 6.25. The maximum absolute atomic E-state index is 6.25. The first kappa shape index (κ1) is 10.6. The zero-order chi connectivity index (χ0) is 11.2. The summed E-state index contributed by atoms with van der Waals surface area (Å²) < 4.78 is 0. The molecule has 1 aromatic carbocycles. The number of halogens is 1. The second kappa shape index (κ2) is 3.28. The molecule has 0 fully saturated rings. The van der Waals surface area contributed by atoms with Gasteiger partial charge in [0.2, 0.25) is 0 Å². The van der Waals surface area contributed by atoms with Gasteiger partial charge in [-0.1, -0.05) is 17.7 Å². The van der Waals surface area contributed by atoms with Crippen LogP contribution < -0.4 is 5.32 Å². The van der Waals surface area contributed by atoms with Crippen molar-refractivity contribution in [3.05, 3.63) is 34.4 Å². The van der Waals surface area contributed by atoms with Crippen molar-refractivity contribution in [1.29, 1.82) is 0 Å². The molecule has 0 saturated heterocycles. The molecular weight excluding hydrogens is 206 g/mol. The van der Waals surface area contributed by atoms with Gasteiger partial charge in [-0.2, -0.15) is 0 Å². The first-order valence-electron chi connectivity index (χ1n) is 5.17. The fourth-order valence-electron chi connectivity index (χ4n) is 2.16. The number of rotatable bonds is 0. The minimum absolute atomic E-state index is 0.0179. The Hall–Kier alpha value is -0.950. The van der Waals surface area contributed by atoms with Crippen LogP contribution in [0.1, 0.15) is 31.9 Å². The lowest BCUT2D eigenvalue weighted by Gasteiger charge is -2.32. The summed E-state index contributed by atoms with van der Waals surface area (Å²) in [4.78, 5) is 0. The van der Waals surface area contributed by atoms with E-state index in [9.17, 15) is 0 Å². The third-order valence-electron chi connectivity index (χ3n) is 2.68. The molecule has 0 radical (unpaired) electrons. The largest absolute Gasteiger partial charge is 0.375 e. The zero-order valence-electron chi connectivity index (χ0n) is 9.61. The van der Waals surface area contributed by atoms with Gasteiger partial charge in [0.1, 0.15) is 0 Å². The Bertz CT molecular complexity index is 444. The lowest BCUT2D eigenvalue weighted by molar-refractivity contribution is 0.707. The van der Waals surface area contributed by atoms with Gasteiger partial charge in [0.05, 0.1) is 16.2 Å². The van der Waals surface area contributed by atoms with Crippen LogP contribution in [0.3, 0.4) is 0 Å². The molecule has 1 heterocycles. The lowest BCUT2D eigenvalue weighted by atomic mass is 9.90. The van der Waals surface area contributed by atoms with Crippen molar-refractivity contribution in [1.82, 2.24) is 0 Å². The lowest BCUT2D eigenvalue weighted by Crippen LogP contribution is -2.31. The molecule has 2 rings (SSSR count). The summed E-state index contributed by atoms with van der Waals surface area (Å²) in [5, 5.41) is 4.26. The summed E-state index contributed by atoms with van der Waals surface area (Å²) in [6.07, 6.45) is 2.24. The number of nitrogens with one attached hydrogen (secondary N) is 1. The van der Waals surface area contributed by atoms with Gasteiger partial charge in [-0.05, 0) is 51.0 Å². The zero-order valence-corrected chi connectivity index (χ0v) is 10.4. The van der Waals surface area contributed by atoms with E-state index in [4.69, 9.17) is 11.6 Å². The van der Waals surface area contributed by atoms with Gasteiger partial charge < -0.3 is 5.32 Å². The first-order chi connectivity index (χ1) is 6.89. The second-order valence-electron chi connectivity index (χ2n) is 4.84. The molecule has 0 atom stereocenters. The van der Waals surface area contributed by atoms with Crippen molar-refractivity contribution in [2.45, 2.75) is 33.2 Å². The average molecular weight is 222 g/mol. The summed E-state index contributed by atoms with van der Waals surface area (Å²) in [5.74, 6) is 0. The molecule has 0 aliphatic carbocycles. The Balaban J connectivity index is 2.65. The third-order valence-corrected chi connectivity index (χ3v) is 2.98. The van der Waals surface area contributed by atoms with Crippen LogP contribution in [0, 0.1) is 6.92 Å². The van der Waals surface area contributed by atoms with Gasteiger partial charge in [0.15, 0.2) is 0 Å². The monoisotopic (exact) mass is 221 g/mol. The van der Waals surface area contributed by atoms with Crippen LogP contribution >= 0.6 is 11.6 Å². The predicted molar refractivity (Wildman–Crippen MR) is 67.5 cm³/mol. The van der Waals surface area contributed by atoms with E-state index in [1.54, 1.807) is 0 Å². The molecule has 80 valence electrons. The van der Waals surface area contributed by atoms with Crippen LogP contribution in [0.2, 0.25) is 5.02 Å². The molecule has 0 spiro atoms. The van der Waals surface area contributed by atoms with Crippen molar-refractivity contribution in [2.24, 2.45) is 0 Å². The smallest absolute Gasteiger partial charge is 0.0646 e. The van der Waals surface area contributed by atoms with Gasteiger partial charge in [-0.3, -0.25) is 0 Å². The molecule has 2 heteroatoms. The molecule has 1 aromatic rings. The molecule has 0 amide bonds. The van der Waals surface area contributed by atoms with E-state index in [1.807, 2.05) is 6.07 Å². The standard InChI is InChI=1S/C13H16ClN/c1-8-5-10-9(2)7-13(3,4)15-12(10)11(14)6-8/h5-7,15H,1-4H3. The number of hydrogen-bond acceptors (Lipinski definition) is 1. The number of aryl methyl sites for hydroxylation is 1. The van der Waals surface area contributed by atoms with Crippen molar-refractivity contribution >= 4 is 22.9 Å². The molecule has 0 aromatic heterocycles. The normalized spacial score (nSPS) is 17.8. The summed E-state index contributed by atoms with van der Waals surface area (Å²) in [5.41, 5.74) is 4.76. The van der Waals surface area contributed by atoms with Gasteiger partial charge in [-0.25, -0.2) is 0 Å². The summed E-state index contributed by atoms with van der Waals surface area (Å²) in [6.45, 7) is 8.50.